The quantitative estimate of drug-likeness (QED) is 0.818. The van der Waals surface area contributed by atoms with Crippen molar-refractivity contribution in [1.82, 2.24) is 5.32 Å². The lowest BCUT2D eigenvalue weighted by atomic mass is 9.95. The highest BCUT2D eigenvalue weighted by Gasteiger charge is 2.35. The third-order valence-corrected chi connectivity index (χ3v) is 3.19. The van der Waals surface area contributed by atoms with Gasteiger partial charge in [0.05, 0.1) is 14.2 Å². The maximum atomic E-state index is 13.6. The molecular formula is C15H20FNO4. The maximum absolute atomic E-state index is 13.6. The predicted octanol–water partition coefficient (Wildman–Crippen LogP) is 2.30. The Balaban J connectivity index is 2.97. The van der Waals surface area contributed by atoms with E-state index >= 15 is 0 Å². The Morgan fingerprint density at radius 3 is 2.48 bits per heavy atom. The smallest absolute Gasteiger partial charge is 0.331 e. The molecule has 1 unspecified atom stereocenters. The van der Waals surface area contributed by atoms with E-state index in [1.807, 2.05) is 6.92 Å². The lowest BCUT2D eigenvalue weighted by molar-refractivity contribution is -0.147. The Labute approximate surface area is 123 Å². The van der Waals surface area contributed by atoms with Crippen LogP contribution in [0, 0.1) is 5.82 Å². The fourth-order valence-corrected chi connectivity index (χ4v) is 2.07. The summed E-state index contributed by atoms with van der Waals surface area (Å²) in [5.41, 5.74) is -1.03. The third-order valence-electron chi connectivity index (χ3n) is 3.19. The number of methoxy groups -OCH3 is 2. The summed E-state index contributed by atoms with van der Waals surface area (Å²) in [5.74, 6) is -1.67. The highest BCUT2D eigenvalue weighted by molar-refractivity contribution is 5.98. The molecule has 1 rings (SSSR count). The van der Waals surface area contributed by atoms with Gasteiger partial charge in [-0.2, -0.15) is 0 Å². The van der Waals surface area contributed by atoms with Gasteiger partial charge in [0, 0.05) is 5.56 Å². The van der Waals surface area contributed by atoms with Crippen molar-refractivity contribution in [2.45, 2.75) is 32.2 Å². The highest BCUT2D eigenvalue weighted by atomic mass is 19.1. The molecule has 1 N–H and O–H groups in total. The average molecular weight is 297 g/mol. The number of carbonyl (C=O) groups is 2. The topological polar surface area (TPSA) is 64.6 Å². The van der Waals surface area contributed by atoms with E-state index in [0.29, 0.717) is 12.8 Å². The molecule has 6 heteroatoms. The minimum absolute atomic E-state index is 0.0517. The lowest BCUT2D eigenvalue weighted by Crippen LogP contribution is -2.52. The molecule has 0 bridgehead atoms. The van der Waals surface area contributed by atoms with Crippen LogP contribution in [-0.2, 0) is 9.53 Å². The summed E-state index contributed by atoms with van der Waals surface area (Å²) in [5, 5.41) is 2.61. The number of hydrogen-bond acceptors (Lipinski definition) is 4. The number of halogens is 1. The Morgan fingerprint density at radius 2 is 2.00 bits per heavy atom. The van der Waals surface area contributed by atoms with Crippen molar-refractivity contribution in [1.29, 1.82) is 0 Å². The standard InChI is InChI=1S/C15H20FNO4/c1-5-8-15(2,14(19)21-4)17-13(18)10-6-7-12(20-3)11(16)9-10/h6-7,9H,5,8H2,1-4H3,(H,17,18). The van der Waals surface area contributed by atoms with Crippen molar-refractivity contribution in [3.63, 3.8) is 0 Å². The van der Waals surface area contributed by atoms with Crippen molar-refractivity contribution in [2.75, 3.05) is 14.2 Å². The van der Waals surface area contributed by atoms with Crippen molar-refractivity contribution in [2.24, 2.45) is 0 Å². The summed E-state index contributed by atoms with van der Waals surface area (Å²) in [7, 11) is 2.60. The van der Waals surface area contributed by atoms with Crippen LogP contribution >= 0.6 is 0 Å². The molecule has 1 amide bonds. The van der Waals surface area contributed by atoms with E-state index in [2.05, 4.69) is 5.32 Å². The molecule has 0 aromatic heterocycles. The number of amides is 1. The van der Waals surface area contributed by atoms with Crippen molar-refractivity contribution >= 4 is 11.9 Å². The van der Waals surface area contributed by atoms with Crippen LogP contribution < -0.4 is 10.1 Å². The van der Waals surface area contributed by atoms with Gasteiger partial charge >= 0.3 is 5.97 Å². The second kappa shape index (κ2) is 7.06. The fourth-order valence-electron chi connectivity index (χ4n) is 2.07. The van der Waals surface area contributed by atoms with Crippen LogP contribution in [0.2, 0.25) is 0 Å². The molecule has 0 spiro atoms. The van der Waals surface area contributed by atoms with Crippen LogP contribution in [-0.4, -0.2) is 31.6 Å². The van der Waals surface area contributed by atoms with Crippen molar-refractivity contribution in [3.8, 4) is 5.75 Å². The van der Waals surface area contributed by atoms with Crippen LogP contribution in [0.15, 0.2) is 18.2 Å². The zero-order valence-electron chi connectivity index (χ0n) is 12.7. The van der Waals surface area contributed by atoms with Crippen LogP contribution in [0.25, 0.3) is 0 Å². The highest BCUT2D eigenvalue weighted by Crippen LogP contribution is 2.19. The summed E-state index contributed by atoms with van der Waals surface area (Å²) < 4.78 is 23.1. The Hall–Kier alpha value is -2.11. The van der Waals surface area contributed by atoms with Gasteiger partial charge in [-0.05, 0) is 31.5 Å². The second-order valence-corrected chi connectivity index (χ2v) is 4.88. The fraction of sp³-hybridized carbons (Fsp3) is 0.467. The molecule has 0 saturated carbocycles. The average Bonchev–Trinajstić information content (AvgIpc) is 2.46. The van der Waals surface area contributed by atoms with E-state index < -0.39 is 23.2 Å². The normalized spacial score (nSPS) is 13.2. The predicted molar refractivity (Wildman–Crippen MR) is 75.7 cm³/mol. The number of hydrogen-bond donors (Lipinski definition) is 1. The van der Waals surface area contributed by atoms with E-state index in [4.69, 9.17) is 9.47 Å². The monoisotopic (exact) mass is 297 g/mol. The number of benzene rings is 1. The zero-order valence-corrected chi connectivity index (χ0v) is 12.7. The molecule has 0 aliphatic carbocycles. The summed E-state index contributed by atoms with van der Waals surface area (Å²) in [6, 6.07) is 3.86. The summed E-state index contributed by atoms with van der Waals surface area (Å²) in [6.07, 6.45) is 1.10. The number of nitrogens with one attached hydrogen (secondary N) is 1. The third kappa shape index (κ3) is 3.93. The van der Waals surface area contributed by atoms with Crippen LogP contribution in [0.3, 0.4) is 0 Å². The minimum Gasteiger partial charge on any atom is -0.494 e. The molecule has 1 atom stereocenters. The molecule has 0 heterocycles. The van der Waals surface area contributed by atoms with E-state index in [1.54, 1.807) is 6.92 Å². The molecule has 0 fully saturated rings. The van der Waals surface area contributed by atoms with Crippen molar-refractivity contribution in [3.05, 3.63) is 29.6 Å². The van der Waals surface area contributed by atoms with Gasteiger partial charge in [0.25, 0.3) is 5.91 Å². The van der Waals surface area contributed by atoms with Gasteiger partial charge in [0.15, 0.2) is 11.6 Å². The van der Waals surface area contributed by atoms with E-state index in [0.717, 1.165) is 6.07 Å². The molecule has 1 aromatic rings. The van der Waals surface area contributed by atoms with Gasteiger partial charge in [-0.3, -0.25) is 4.79 Å². The number of ether oxygens (including phenoxy) is 2. The molecule has 116 valence electrons. The number of rotatable bonds is 6. The van der Waals surface area contributed by atoms with E-state index in [-0.39, 0.29) is 11.3 Å². The number of carbonyl (C=O) groups excluding carboxylic acids is 2. The molecule has 1 aromatic carbocycles. The second-order valence-electron chi connectivity index (χ2n) is 4.88. The van der Waals surface area contributed by atoms with Gasteiger partial charge < -0.3 is 14.8 Å². The Morgan fingerprint density at radius 1 is 1.33 bits per heavy atom. The Kier molecular flexibility index (Phi) is 5.69. The van der Waals surface area contributed by atoms with Crippen LogP contribution in [0.4, 0.5) is 4.39 Å². The van der Waals surface area contributed by atoms with Gasteiger partial charge in [0.1, 0.15) is 5.54 Å². The first kappa shape index (κ1) is 16.9. The summed E-state index contributed by atoms with van der Waals surface area (Å²) >= 11 is 0. The van der Waals surface area contributed by atoms with Gasteiger partial charge in [-0.15, -0.1) is 0 Å². The zero-order chi connectivity index (χ0) is 16.0. The lowest BCUT2D eigenvalue weighted by Gasteiger charge is -2.27. The Bertz CT molecular complexity index is 532. The molecule has 0 radical (unpaired) electrons. The molecule has 0 aliphatic heterocycles. The first-order chi connectivity index (χ1) is 9.87. The number of esters is 1. The van der Waals surface area contributed by atoms with Gasteiger partial charge in [-0.25, -0.2) is 9.18 Å². The SMILES string of the molecule is CCCC(C)(NC(=O)c1ccc(OC)c(F)c1)C(=O)OC. The van der Waals surface area contributed by atoms with Crippen LogP contribution in [0.1, 0.15) is 37.0 Å². The largest absolute Gasteiger partial charge is 0.494 e. The molecule has 0 saturated heterocycles. The van der Waals surface area contributed by atoms with Crippen LogP contribution in [0.5, 0.6) is 5.75 Å². The summed E-state index contributed by atoms with van der Waals surface area (Å²) in [4.78, 5) is 24.0. The minimum atomic E-state index is -1.14. The summed E-state index contributed by atoms with van der Waals surface area (Å²) in [6.45, 7) is 3.47. The van der Waals surface area contributed by atoms with Gasteiger partial charge in [0.2, 0.25) is 0 Å². The van der Waals surface area contributed by atoms with Crippen molar-refractivity contribution < 1.29 is 23.5 Å². The van der Waals surface area contributed by atoms with Gasteiger partial charge in [-0.1, -0.05) is 13.3 Å². The molecule has 0 aliphatic rings. The van der Waals surface area contributed by atoms with E-state index in [1.165, 1.54) is 26.4 Å². The molecular weight excluding hydrogens is 277 g/mol. The molecule has 21 heavy (non-hydrogen) atoms. The maximum Gasteiger partial charge on any atom is 0.331 e. The molecule has 5 nitrogen and oxygen atoms in total. The first-order valence-corrected chi connectivity index (χ1v) is 6.62. The first-order valence-electron chi connectivity index (χ1n) is 6.62. The van der Waals surface area contributed by atoms with E-state index in [9.17, 15) is 14.0 Å².